The molecule has 142 valence electrons. The van der Waals surface area contributed by atoms with Crippen molar-refractivity contribution in [2.24, 2.45) is 0 Å². The van der Waals surface area contributed by atoms with Gasteiger partial charge in [0.15, 0.2) is 10.8 Å². The van der Waals surface area contributed by atoms with Gasteiger partial charge >= 0.3 is 0 Å². The quantitative estimate of drug-likeness (QED) is 0.515. The fraction of sp³-hybridized carbons (Fsp3) is 0.190. The predicted octanol–water partition coefficient (Wildman–Crippen LogP) is 4.24. The Balaban J connectivity index is 1.62. The molecule has 0 spiro atoms. The number of ether oxygens (including phenoxy) is 1. The third-order valence-electron chi connectivity index (χ3n) is 4.51. The van der Waals surface area contributed by atoms with Crippen LogP contribution in [0.2, 0.25) is 0 Å². The highest BCUT2D eigenvalue weighted by molar-refractivity contribution is 7.99. The molecule has 0 bridgehead atoms. The molecular formula is C21H20N4O2S. The Morgan fingerprint density at radius 1 is 1.14 bits per heavy atom. The molecule has 0 aliphatic rings. The van der Waals surface area contributed by atoms with Gasteiger partial charge in [0, 0.05) is 17.1 Å². The number of aryl methyl sites for hydroxylation is 2. The molecule has 1 amide bonds. The summed E-state index contributed by atoms with van der Waals surface area (Å²) in [6, 6.07) is 15.7. The first-order chi connectivity index (χ1) is 13.5. The zero-order chi connectivity index (χ0) is 19.7. The van der Waals surface area contributed by atoms with Crippen LogP contribution in [0.5, 0.6) is 5.75 Å². The van der Waals surface area contributed by atoms with E-state index in [-0.39, 0.29) is 11.7 Å². The molecule has 0 atom stereocenters. The number of nitrogens with zero attached hydrogens (tertiary/aromatic N) is 3. The number of pyridine rings is 1. The van der Waals surface area contributed by atoms with Crippen molar-refractivity contribution in [1.29, 1.82) is 0 Å². The molecule has 0 saturated heterocycles. The largest absolute Gasteiger partial charge is 0.497 e. The summed E-state index contributed by atoms with van der Waals surface area (Å²) in [4.78, 5) is 12.4. The number of methoxy groups -OCH3 is 1. The third kappa shape index (κ3) is 3.53. The second-order valence-corrected chi connectivity index (χ2v) is 7.54. The molecule has 6 nitrogen and oxygen atoms in total. The molecule has 1 N–H and O–H groups in total. The average molecular weight is 392 g/mol. The van der Waals surface area contributed by atoms with Crippen LogP contribution < -0.4 is 10.1 Å². The molecule has 2 aromatic carbocycles. The van der Waals surface area contributed by atoms with E-state index in [1.54, 1.807) is 7.11 Å². The van der Waals surface area contributed by atoms with E-state index in [2.05, 4.69) is 15.5 Å². The molecule has 0 aliphatic heterocycles. The second-order valence-electron chi connectivity index (χ2n) is 6.59. The Morgan fingerprint density at radius 2 is 2.00 bits per heavy atom. The molecule has 28 heavy (non-hydrogen) atoms. The Kier molecular flexibility index (Phi) is 4.92. The van der Waals surface area contributed by atoms with Crippen LogP contribution in [0.4, 0.5) is 5.69 Å². The molecule has 2 heterocycles. The smallest absolute Gasteiger partial charge is 0.234 e. The summed E-state index contributed by atoms with van der Waals surface area (Å²) in [6.07, 6.45) is 0. The first-order valence-electron chi connectivity index (χ1n) is 8.87. The first-order valence-corrected chi connectivity index (χ1v) is 9.85. The van der Waals surface area contributed by atoms with Crippen LogP contribution in [0, 0.1) is 13.8 Å². The highest BCUT2D eigenvalue weighted by atomic mass is 32.2. The maximum atomic E-state index is 12.4. The van der Waals surface area contributed by atoms with Gasteiger partial charge in [-0.1, -0.05) is 23.9 Å². The van der Waals surface area contributed by atoms with Gasteiger partial charge in [-0.3, -0.25) is 9.20 Å². The lowest BCUT2D eigenvalue weighted by molar-refractivity contribution is -0.113. The van der Waals surface area contributed by atoms with Crippen molar-refractivity contribution in [1.82, 2.24) is 14.6 Å². The molecule has 0 saturated carbocycles. The van der Waals surface area contributed by atoms with Crippen molar-refractivity contribution in [3.05, 3.63) is 59.7 Å². The van der Waals surface area contributed by atoms with E-state index in [1.807, 2.05) is 66.8 Å². The second kappa shape index (κ2) is 7.52. The summed E-state index contributed by atoms with van der Waals surface area (Å²) in [5, 5.41) is 13.3. The Hall–Kier alpha value is -3.06. The van der Waals surface area contributed by atoms with E-state index in [0.717, 1.165) is 39.1 Å². The summed E-state index contributed by atoms with van der Waals surface area (Å²) in [7, 11) is 1.64. The lowest BCUT2D eigenvalue weighted by Gasteiger charge is -2.09. The van der Waals surface area contributed by atoms with E-state index in [1.165, 1.54) is 11.8 Å². The monoisotopic (exact) mass is 392 g/mol. The normalized spacial score (nSPS) is 11.1. The van der Waals surface area contributed by atoms with Crippen LogP contribution in [0.15, 0.2) is 53.7 Å². The van der Waals surface area contributed by atoms with Gasteiger partial charge in [-0.15, -0.1) is 10.2 Å². The molecule has 7 heteroatoms. The highest BCUT2D eigenvalue weighted by Gasteiger charge is 2.14. The maximum Gasteiger partial charge on any atom is 0.234 e. The van der Waals surface area contributed by atoms with Gasteiger partial charge in [0.25, 0.3) is 0 Å². The Labute approximate surface area is 166 Å². The van der Waals surface area contributed by atoms with Gasteiger partial charge in [-0.2, -0.15) is 0 Å². The van der Waals surface area contributed by atoms with E-state index in [9.17, 15) is 4.79 Å². The van der Waals surface area contributed by atoms with Crippen molar-refractivity contribution in [3.8, 4) is 5.75 Å². The number of benzene rings is 2. The van der Waals surface area contributed by atoms with Crippen LogP contribution in [0.3, 0.4) is 0 Å². The number of carbonyl (C=O) groups excluding carboxylic acids is 1. The summed E-state index contributed by atoms with van der Waals surface area (Å²) >= 11 is 1.36. The molecule has 0 aliphatic carbocycles. The molecule has 4 aromatic rings. The molecule has 2 aromatic heterocycles. The number of rotatable bonds is 5. The van der Waals surface area contributed by atoms with Crippen LogP contribution >= 0.6 is 11.8 Å². The van der Waals surface area contributed by atoms with E-state index < -0.39 is 0 Å². The summed E-state index contributed by atoms with van der Waals surface area (Å²) < 4.78 is 7.34. The van der Waals surface area contributed by atoms with Gasteiger partial charge < -0.3 is 10.1 Å². The maximum absolute atomic E-state index is 12.4. The van der Waals surface area contributed by atoms with Crippen molar-refractivity contribution < 1.29 is 9.53 Å². The average Bonchev–Trinajstić information content (AvgIpc) is 3.09. The minimum atomic E-state index is -0.0821. The highest BCUT2D eigenvalue weighted by Crippen LogP contribution is 2.28. The van der Waals surface area contributed by atoms with Crippen molar-refractivity contribution in [2.45, 2.75) is 19.0 Å². The van der Waals surface area contributed by atoms with Gasteiger partial charge in [0.1, 0.15) is 5.75 Å². The fourth-order valence-corrected chi connectivity index (χ4v) is 3.92. The molecule has 4 rings (SSSR count). The van der Waals surface area contributed by atoms with Crippen LogP contribution in [0.25, 0.3) is 16.6 Å². The lowest BCUT2D eigenvalue weighted by atomic mass is 10.1. The topological polar surface area (TPSA) is 68.5 Å². The number of nitrogens with one attached hydrogen (secondary N) is 1. The molecule has 0 radical (unpaired) electrons. The lowest BCUT2D eigenvalue weighted by Crippen LogP contribution is -2.14. The van der Waals surface area contributed by atoms with Crippen LogP contribution in [-0.4, -0.2) is 33.4 Å². The Morgan fingerprint density at radius 3 is 2.79 bits per heavy atom. The summed E-state index contributed by atoms with van der Waals surface area (Å²) in [5.74, 6) is 0.927. The van der Waals surface area contributed by atoms with Crippen molar-refractivity contribution in [2.75, 3.05) is 18.2 Å². The fourth-order valence-electron chi connectivity index (χ4n) is 3.17. The van der Waals surface area contributed by atoms with Gasteiger partial charge in [-0.05, 0) is 55.3 Å². The SMILES string of the molecule is COc1ccc2c(C)cc3nnc(SCC(=O)Nc4cccc(C)c4)n3c2c1. The number of aromatic nitrogens is 3. The zero-order valence-electron chi connectivity index (χ0n) is 15.9. The van der Waals surface area contributed by atoms with Crippen molar-refractivity contribution >= 4 is 39.9 Å². The molecule has 0 fully saturated rings. The number of thioether (sulfide) groups is 1. The predicted molar refractivity (Wildman–Crippen MR) is 112 cm³/mol. The number of fused-ring (bicyclic) bond motifs is 3. The molecule has 0 unspecified atom stereocenters. The number of carbonyl (C=O) groups is 1. The number of anilines is 1. The zero-order valence-corrected chi connectivity index (χ0v) is 16.7. The summed E-state index contributed by atoms with van der Waals surface area (Å²) in [6.45, 7) is 4.04. The standard InChI is InChI=1S/C21H20N4O2S/c1-13-5-4-6-15(9-13)22-20(26)12-28-21-24-23-19-10-14(2)17-8-7-16(27-3)11-18(17)25(19)21/h4-11H,12H2,1-3H3,(H,22,26). The first kappa shape index (κ1) is 18.3. The third-order valence-corrected chi connectivity index (χ3v) is 5.44. The minimum Gasteiger partial charge on any atom is -0.497 e. The van der Waals surface area contributed by atoms with Gasteiger partial charge in [-0.25, -0.2) is 0 Å². The number of amides is 1. The van der Waals surface area contributed by atoms with Crippen LogP contribution in [-0.2, 0) is 4.79 Å². The van der Waals surface area contributed by atoms with Crippen molar-refractivity contribution in [3.63, 3.8) is 0 Å². The van der Waals surface area contributed by atoms with Crippen LogP contribution in [0.1, 0.15) is 11.1 Å². The minimum absolute atomic E-state index is 0.0821. The molecular weight excluding hydrogens is 372 g/mol. The Bertz CT molecular complexity index is 1190. The van der Waals surface area contributed by atoms with Gasteiger partial charge in [0.05, 0.1) is 18.4 Å². The van der Waals surface area contributed by atoms with Gasteiger partial charge in [0.2, 0.25) is 5.91 Å². The number of hydrogen-bond donors (Lipinski definition) is 1. The van der Waals surface area contributed by atoms with E-state index in [0.29, 0.717) is 5.16 Å². The van der Waals surface area contributed by atoms with E-state index in [4.69, 9.17) is 4.74 Å². The van der Waals surface area contributed by atoms with E-state index >= 15 is 0 Å². The number of hydrogen-bond acceptors (Lipinski definition) is 5. The summed E-state index contributed by atoms with van der Waals surface area (Å²) in [5.41, 5.74) is 4.72.